The van der Waals surface area contributed by atoms with Crippen LogP contribution in [-0.4, -0.2) is 47.7 Å². The van der Waals surface area contributed by atoms with Crippen LogP contribution in [0.5, 0.6) is 0 Å². The van der Waals surface area contributed by atoms with Gasteiger partial charge >= 0.3 is 5.97 Å². The predicted octanol–water partition coefficient (Wildman–Crippen LogP) is 1.43. The molecule has 0 heterocycles. The standard InChI is InChI=1S/C8H16O6S4/c1-2-7(12)14-16-18-17-15-13-6-8(3-9,4-10)5-11/h9-11H,2-6H2,1H3. The average molecular weight is 336 g/mol. The van der Waals surface area contributed by atoms with Gasteiger partial charge in [-0.1, -0.05) is 6.92 Å². The second-order valence-corrected chi connectivity index (χ2v) is 8.35. The molecule has 108 valence electrons. The van der Waals surface area contributed by atoms with E-state index in [0.717, 1.165) is 22.1 Å². The van der Waals surface area contributed by atoms with Gasteiger partial charge in [-0.3, -0.25) is 4.79 Å². The Bertz CT molecular complexity index is 217. The molecule has 0 aromatic rings. The molecule has 0 aliphatic carbocycles. The molecule has 0 bridgehead atoms. The summed E-state index contributed by atoms with van der Waals surface area (Å²) in [5.41, 5.74) is -1.03. The van der Waals surface area contributed by atoms with Crippen molar-refractivity contribution < 1.29 is 28.5 Å². The molecule has 0 saturated carbocycles. The van der Waals surface area contributed by atoms with Gasteiger partial charge in [0.05, 0.1) is 42.9 Å². The lowest BCUT2D eigenvalue weighted by molar-refractivity contribution is -0.132. The third-order valence-corrected chi connectivity index (χ3v) is 6.55. The highest BCUT2D eigenvalue weighted by Gasteiger charge is 2.28. The average Bonchev–Trinajstić information content (AvgIpc) is 2.42. The molecule has 0 aliphatic heterocycles. The van der Waals surface area contributed by atoms with Crippen molar-refractivity contribution in [3.8, 4) is 0 Å². The molecule has 0 aliphatic rings. The van der Waals surface area contributed by atoms with E-state index in [9.17, 15) is 4.79 Å². The molecule has 0 amide bonds. The summed E-state index contributed by atoms with van der Waals surface area (Å²) >= 11 is 1.96. The Hall–Kier alpha value is 0.710. The fourth-order valence-electron chi connectivity index (χ4n) is 0.589. The van der Waals surface area contributed by atoms with E-state index in [-0.39, 0.29) is 32.4 Å². The Morgan fingerprint density at radius 1 is 1.11 bits per heavy atom. The van der Waals surface area contributed by atoms with Gasteiger partial charge in [-0.05, 0) is 0 Å². The van der Waals surface area contributed by atoms with E-state index in [1.54, 1.807) is 6.92 Å². The summed E-state index contributed by atoms with van der Waals surface area (Å²) in [6.45, 7) is 0.647. The summed E-state index contributed by atoms with van der Waals surface area (Å²) in [7, 11) is 2.44. The van der Waals surface area contributed by atoms with Gasteiger partial charge in [0.15, 0.2) is 0 Å². The second kappa shape index (κ2) is 11.5. The van der Waals surface area contributed by atoms with Crippen LogP contribution in [0.15, 0.2) is 0 Å². The van der Waals surface area contributed by atoms with Crippen LogP contribution in [0.1, 0.15) is 13.3 Å². The van der Waals surface area contributed by atoms with E-state index in [4.69, 9.17) is 23.7 Å². The summed E-state index contributed by atoms with van der Waals surface area (Å²) in [5, 5.41) is 27.1. The Labute approximate surface area is 121 Å². The van der Waals surface area contributed by atoms with Gasteiger partial charge in [-0.2, -0.15) is 0 Å². The summed E-state index contributed by atoms with van der Waals surface area (Å²) in [5.74, 6) is -0.293. The van der Waals surface area contributed by atoms with Crippen LogP contribution in [0.25, 0.3) is 0 Å². The largest absolute Gasteiger partial charge is 0.396 e. The third kappa shape index (κ3) is 8.00. The van der Waals surface area contributed by atoms with Gasteiger partial charge < -0.3 is 23.7 Å². The molecular formula is C8H16O6S4. The van der Waals surface area contributed by atoms with Crippen molar-refractivity contribution in [2.24, 2.45) is 5.41 Å². The van der Waals surface area contributed by atoms with Gasteiger partial charge in [0.2, 0.25) is 0 Å². The SMILES string of the molecule is CCC(=O)OSSSSOCC(CO)(CO)CO. The topological polar surface area (TPSA) is 96.2 Å². The number of aliphatic hydroxyl groups is 3. The molecular weight excluding hydrogens is 320 g/mol. The zero-order chi connectivity index (χ0) is 13.9. The van der Waals surface area contributed by atoms with Crippen molar-refractivity contribution in [3.63, 3.8) is 0 Å². The van der Waals surface area contributed by atoms with E-state index >= 15 is 0 Å². The highest BCUT2D eigenvalue weighted by molar-refractivity contribution is 9.25. The number of aliphatic hydroxyl groups excluding tert-OH is 3. The zero-order valence-corrected chi connectivity index (χ0v) is 13.0. The Balaban J connectivity index is 3.52. The number of carbonyl (C=O) groups excluding carboxylic acids is 1. The lowest BCUT2D eigenvalue weighted by atomic mass is 9.93. The monoisotopic (exact) mass is 336 g/mol. The van der Waals surface area contributed by atoms with E-state index in [0.29, 0.717) is 6.42 Å². The zero-order valence-electron chi connectivity index (χ0n) is 9.73. The van der Waals surface area contributed by atoms with Crippen molar-refractivity contribution in [3.05, 3.63) is 0 Å². The van der Waals surface area contributed by atoms with Crippen LogP contribution in [-0.2, 0) is 13.2 Å². The molecule has 6 nitrogen and oxygen atoms in total. The maximum absolute atomic E-state index is 10.8. The molecule has 18 heavy (non-hydrogen) atoms. The minimum absolute atomic E-state index is 0.0220. The molecule has 0 radical (unpaired) electrons. The van der Waals surface area contributed by atoms with Gasteiger partial charge in [0.1, 0.15) is 11.1 Å². The summed E-state index contributed by atoms with van der Waals surface area (Å²) in [6.07, 6.45) is 0.327. The molecule has 0 atom stereocenters. The Kier molecular flexibility index (Phi) is 12.0. The quantitative estimate of drug-likeness (QED) is 0.292. The van der Waals surface area contributed by atoms with Gasteiger partial charge in [-0.25, -0.2) is 0 Å². The Morgan fingerprint density at radius 3 is 2.17 bits per heavy atom. The van der Waals surface area contributed by atoms with E-state index in [1.807, 2.05) is 0 Å². The van der Waals surface area contributed by atoms with Crippen LogP contribution in [0.4, 0.5) is 0 Å². The number of rotatable bonds is 11. The number of hydrogen-bond acceptors (Lipinski definition) is 10. The van der Waals surface area contributed by atoms with Crippen molar-refractivity contribution in [2.75, 3.05) is 26.4 Å². The molecule has 0 unspecified atom stereocenters. The van der Waals surface area contributed by atoms with Crippen LogP contribution >= 0.6 is 41.8 Å². The minimum atomic E-state index is -1.03. The fraction of sp³-hybridized carbons (Fsp3) is 0.875. The van der Waals surface area contributed by atoms with Gasteiger partial charge in [0, 0.05) is 26.1 Å². The highest BCUT2D eigenvalue weighted by atomic mass is 33.7. The molecule has 0 fully saturated rings. The maximum atomic E-state index is 10.8. The maximum Gasteiger partial charge on any atom is 0.318 e. The summed E-state index contributed by atoms with van der Waals surface area (Å²) in [4.78, 5) is 10.8. The number of hydrogen-bond donors (Lipinski definition) is 3. The molecule has 0 spiro atoms. The lowest BCUT2D eigenvalue weighted by Crippen LogP contribution is -2.37. The van der Waals surface area contributed by atoms with Crippen LogP contribution < -0.4 is 0 Å². The molecule has 10 heteroatoms. The van der Waals surface area contributed by atoms with E-state index in [2.05, 4.69) is 0 Å². The third-order valence-electron chi connectivity index (χ3n) is 1.92. The van der Waals surface area contributed by atoms with Crippen LogP contribution in [0, 0.1) is 5.41 Å². The highest BCUT2D eigenvalue weighted by Crippen LogP contribution is 2.44. The smallest absolute Gasteiger partial charge is 0.318 e. The minimum Gasteiger partial charge on any atom is -0.396 e. The van der Waals surface area contributed by atoms with E-state index in [1.165, 1.54) is 19.7 Å². The van der Waals surface area contributed by atoms with Crippen LogP contribution in [0.2, 0.25) is 0 Å². The van der Waals surface area contributed by atoms with Crippen molar-refractivity contribution in [1.82, 2.24) is 0 Å². The van der Waals surface area contributed by atoms with Gasteiger partial charge in [0.25, 0.3) is 0 Å². The molecule has 0 rings (SSSR count). The first-order valence-electron chi connectivity index (χ1n) is 4.95. The van der Waals surface area contributed by atoms with Gasteiger partial charge in [-0.15, -0.1) is 0 Å². The van der Waals surface area contributed by atoms with Crippen molar-refractivity contribution in [1.29, 1.82) is 0 Å². The Morgan fingerprint density at radius 2 is 1.67 bits per heavy atom. The molecule has 3 N–H and O–H groups in total. The fourth-order valence-corrected chi connectivity index (χ4v) is 4.14. The predicted molar refractivity (Wildman–Crippen MR) is 76.4 cm³/mol. The van der Waals surface area contributed by atoms with E-state index < -0.39 is 5.41 Å². The second-order valence-electron chi connectivity index (χ2n) is 3.32. The van der Waals surface area contributed by atoms with Crippen molar-refractivity contribution in [2.45, 2.75) is 13.3 Å². The summed E-state index contributed by atoms with van der Waals surface area (Å²) in [6, 6.07) is 0. The normalized spacial score (nSPS) is 11.6. The summed E-state index contributed by atoms with van der Waals surface area (Å²) < 4.78 is 9.86. The molecule has 0 aromatic carbocycles. The van der Waals surface area contributed by atoms with Crippen LogP contribution in [0.3, 0.4) is 0 Å². The lowest BCUT2D eigenvalue weighted by Gasteiger charge is -2.25. The number of carbonyl (C=O) groups is 1. The first kappa shape index (κ1) is 18.7. The first-order valence-corrected chi connectivity index (χ1v) is 9.62. The first-order chi connectivity index (χ1) is 8.64. The molecule has 0 aromatic heterocycles. The molecule has 0 saturated heterocycles. The van der Waals surface area contributed by atoms with Crippen molar-refractivity contribution >= 4 is 47.8 Å².